The van der Waals surface area contributed by atoms with Crippen LogP contribution in [0.15, 0.2) is 0 Å². The second-order valence-corrected chi connectivity index (χ2v) is 13.9. The van der Waals surface area contributed by atoms with Crippen molar-refractivity contribution in [2.24, 2.45) is 0 Å². The predicted molar refractivity (Wildman–Crippen MR) is 81.3 cm³/mol. The summed E-state index contributed by atoms with van der Waals surface area (Å²) >= 11 is 7.24. The first-order valence-corrected chi connectivity index (χ1v) is 15.5. The Hall–Kier alpha value is 1.68. The van der Waals surface area contributed by atoms with Gasteiger partial charge in [-0.1, -0.05) is 0 Å². The van der Waals surface area contributed by atoms with Crippen LogP contribution >= 0.6 is 13.4 Å². The number of rotatable bonds is 6. The van der Waals surface area contributed by atoms with Gasteiger partial charge in [0.1, 0.15) is 0 Å². The molecule has 0 aliphatic heterocycles. The largest absolute Gasteiger partial charge is 0.325 e. The first-order valence-electron chi connectivity index (χ1n) is 5.98. The molecular formula is C8H24O6P2S2Zn. The third-order valence-electron chi connectivity index (χ3n) is 1.71. The molecule has 6 nitrogen and oxygen atoms in total. The van der Waals surface area contributed by atoms with E-state index in [2.05, 4.69) is 37.5 Å². The molecule has 0 atom stereocenters. The van der Waals surface area contributed by atoms with E-state index in [9.17, 15) is 0 Å². The molecule has 0 aromatic rings. The summed E-state index contributed by atoms with van der Waals surface area (Å²) in [5.74, 6) is 0. The van der Waals surface area contributed by atoms with E-state index < -0.39 is 13.4 Å². The van der Waals surface area contributed by atoms with Crippen LogP contribution in [0.25, 0.3) is 0 Å². The second-order valence-electron chi connectivity index (χ2n) is 3.79. The smallest absolute Gasteiger partial charge is 0.319 e. The Balaban J connectivity index is -0.000000219. The fourth-order valence-electron chi connectivity index (χ4n) is 1.03. The van der Waals surface area contributed by atoms with Crippen LogP contribution in [0.3, 0.4) is 0 Å². The first kappa shape index (κ1) is 25.6. The molecule has 0 aromatic carbocycles. The van der Waals surface area contributed by atoms with Crippen molar-refractivity contribution in [1.29, 1.82) is 0 Å². The second kappa shape index (κ2) is 16.1. The minimum absolute atomic E-state index is 0.0296. The molecule has 0 saturated heterocycles. The molecule has 6 N–H and O–H groups in total. The normalized spacial score (nSPS) is 10.5. The van der Waals surface area contributed by atoms with E-state index in [4.69, 9.17) is 29.4 Å². The van der Waals surface area contributed by atoms with Crippen LogP contribution in [0.1, 0.15) is 39.5 Å². The zero-order chi connectivity index (χ0) is 15.9. The minimum atomic E-state index is -3.81. The summed E-state index contributed by atoms with van der Waals surface area (Å²) in [7, 11) is 0. The van der Waals surface area contributed by atoms with E-state index in [1.165, 1.54) is 19.3 Å². The average Bonchev–Trinajstić information content (AvgIpc) is 2.12. The van der Waals surface area contributed by atoms with Crippen LogP contribution < -0.4 is 0 Å². The first-order chi connectivity index (χ1) is 8.41. The van der Waals surface area contributed by atoms with Gasteiger partial charge in [-0.15, -0.1) is 0 Å². The van der Waals surface area contributed by atoms with Crippen LogP contribution in [-0.2, 0) is 40.7 Å². The Bertz CT molecular complexity index is 227. The zero-order valence-corrected chi connectivity index (χ0v) is 17.7. The van der Waals surface area contributed by atoms with Gasteiger partial charge in [0.25, 0.3) is 0 Å². The van der Waals surface area contributed by atoms with Crippen LogP contribution in [-0.4, -0.2) is 29.4 Å². The van der Waals surface area contributed by atoms with Crippen molar-refractivity contribution in [1.82, 2.24) is 0 Å². The van der Waals surface area contributed by atoms with Gasteiger partial charge in [-0.3, -0.25) is 0 Å². The fraction of sp³-hybridized carbons (Fsp3) is 1.00. The monoisotopic (exact) mass is 406 g/mol. The van der Waals surface area contributed by atoms with Crippen molar-refractivity contribution in [3.63, 3.8) is 0 Å². The van der Waals surface area contributed by atoms with Crippen molar-refractivity contribution in [2.45, 2.75) is 49.6 Å². The van der Waals surface area contributed by atoms with Gasteiger partial charge in [-0.2, -0.15) is 0 Å². The number of hydrogen-bond acceptors (Lipinski definition) is 2. The summed E-state index contributed by atoms with van der Waals surface area (Å²) in [4.78, 5) is 45.3. The maximum atomic E-state index is 7.56. The standard InChI is InChI=1S/C6H13.C2H5.2H3O3PS.Zn/c1-3-5-6-4-2;1-2;2*1-4(2,3)5;/h1,3-6H2,2H3;1H2,2H3;2*(H3,1,2,3,5);. The summed E-state index contributed by atoms with van der Waals surface area (Å²) < 4.78 is 0. The molecule has 0 saturated carbocycles. The Morgan fingerprint density at radius 1 is 0.789 bits per heavy atom. The SMILES string of the molecule is CCCCC[CH2][Zn][CH2]C.OP(O)(O)=S.OP(O)(O)=S. The summed E-state index contributed by atoms with van der Waals surface area (Å²) in [6, 6.07) is 0. The molecule has 0 aromatic heterocycles. The molecule has 116 valence electrons. The van der Waals surface area contributed by atoms with Crippen molar-refractivity contribution in [3.05, 3.63) is 0 Å². The van der Waals surface area contributed by atoms with Crippen molar-refractivity contribution < 1.29 is 46.5 Å². The van der Waals surface area contributed by atoms with Crippen LogP contribution in [0, 0.1) is 0 Å². The molecule has 0 rings (SSSR count). The molecule has 0 amide bonds. The third kappa shape index (κ3) is 104. The van der Waals surface area contributed by atoms with Crippen LogP contribution in [0.2, 0.25) is 10.0 Å². The Morgan fingerprint density at radius 3 is 1.42 bits per heavy atom. The van der Waals surface area contributed by atoms with Crippen LogP contribution in [0.4, 0.5) is 0 Å². The zero-order valence-electron chi connectivity index (χ0n) is 11.3. The molecule has 0 fully saturated rings. The Kier molecular flexibility index (Phi) is 21.7. The maximum Gasteiger partial charge on any atom is 0.319 e. The van der Waals surface area contributed by atoms with E-state index in [-0.39, 0.29) is 17.1 Å². The molecule has 11 heteroatoms. The van der Waals surface area contributed by atoms with Gasteiger partial charge in [0.15, 0.2) is 0 Å². The molecule has 0 heterocycles. The van der Waals surface area contributed by atoms with E-state index >= 15 is 0 Å². The summed E-state index contributed by atoms with van der Waals surface area (Å²) in [5.41, 5.74) is 0. The molecule has 0 radical (unpaired) electrons. The van der Waals surface area contributed by atoms with Crippen molar-refractivity contribution >= 4 is 37.1 Å². The van der Waals surface area contributed by atoms with Crippen molar-refractivity contribution in [3.8, 4) is 0 Å². The Morgan fingerprint density at radius 2 is 1.16 bits per heavy atom. The van der Waals surface area contributed by atoms with Gasteiger partial charge < -0.3 is 29.4 Å². The molecular weight excluding hydrogens is 384 g/mol. The van der Waals surface area contributed by atoms with E-state index in [0.717, 1.165) is 0 Å². The molecule has 0 aliphatic rings. The summed E-state index contributed by atoms with van der Waals surface area (Å²) in [6.45, 7) is -2.99. The van der Waals surface area contributed by atoms with E-state index in [1.807, 2.05) is 0 Å². The van der Waals surface area contributed by atoms with Gasteiger partial charge in [0, 0.05) is 0 Å². The quantitative estimate of drug-likeness (QED) is 0.224. The Labute approximate surface area is 133 Å². The molecule has 0 spiro atoms. The van der Waals surface area contributed by atoms with E-state index in [0.29, 0.717) is 0 Å². The van der Waals surface area contributed by atoms with Crippen molar-refractivity contribution in [2.75, 3.05) is 0 Å². The fourth-order valence-corrected chi connectivity index (χ4v) is 3.56. The van der Waals surface area contributed by atoms with Gasteiger partial charge >= 0.3 is 80.1 Å². The summed E-state index contributed by atoms with van der Waals surface area (Å²) in [5, 5.41) is 3.20. The number of hydrogen-bond donors (Lipinski definition) is 6. The maximum absolute atomic E-state index is 7.56. The summed E-state index contributed by atoms with van der Waals surface area (Å²) in [6.07, 6.45) is 5.90. The van der Waals surface area contributed by atoms with Gasteiger partial charge in [-0.05, 0) is 23.6 Å². The van der Waals surface area contributed by atoms with Gasteiger partial charge in [-0.25, -0.2) is 0 Å². The molecule has 0 aliphatic carbocycles. The van der Waals surface area contributed by atoms with E-state index in [1.54, 1.807) is 16.5 Å². The topological polar surface area (TPSA) is 121 Å². The molecule has 19 heavy (non-hydrogen) atoms. The third-order valence-corrected chi connectivity index (χ3v) is 5.29. The number of unbranched alkanes of at least 4 members (excludes halogenated alkanes) is 3. The molecule has 0 unspecified atom stereocenters. The van der Waals surface area contributed by atoms with Gasteiger partial charge in [0.05, 0.1) is 0 Å². The van der Waals surface area contributed by atoms with Gasteiger partial charge in [0.2, 0.25) is 0 Å². The minimum Gasteiger partial charge on any atom is -0.325 e. The van der Waals surface area contributed by atoms with Crippen LogP contribution in [0.5, 0.6) is 0 Å². The molecule has 0 bridgehead atoms. The average molecular weight is 408 g/mol. The predicted octanol–water partition coefficient (Wildman–Crippen LogP) is 1.88.